The summed E-state index contributed by atoms with van der Waals surface area (Å²) in [6.45, 7) is 6.49. The first-order chi connectivity index (χ1) is 20.1. The lowest BCUT2D eigenvalue weighted by Crippen LogP contribution is -2.44. The maximum atomic E-state index is 13.8. The van der Waals surface area contributed by atoms with Crippen molar-refractivity contribution in [2.24, 2.45) is 0 Å². The van der Waals surface area contributed by atoms with Gasteiger partial charge >= 0.3 is 0 Å². The molecule has 0 bridgehead atoms. The summed E-state index contributed by atoms with van der Waals surface area (Å²) in [4.78, 5) is 24.3. The van der Waals surface area contributed by atoms with Crippen LogP contribution in [0.5, 0.6) is 11.5 Å². The van der Waals surface area contributed by atoms with Crippen molar-refractivity contribution in [2.45, 2.75) is 37.4 Å². The van der Waals surface area contributed by atoms with E-state index in [0.717, 1.165) is 46.8 Å². The Labute approximate surface area is 244 Å². The lowest BCUT2D eigenvalue weighted by molar-refractivity contribution is -0.133. The highest BCUT2D eigenvalue weighted by atomic mass is 32.2. The molecule has 10 heteroatoms. The number of carbonyl (C=O) groups excluding carboxylic acids is 1. The SMILES string of the molecule is CSc1ccc2cc(CN(CC3COc4ccccc4O3)C(=O)CCn3ccc(C)n3)c(N3CCOCC3)nc2c1. The van der Waals surface area contributed by atoms with Gasteiger partial charge in [-0.3, -0.25) is 9.48 Å². The molecule has 4 aromatic rings. The van der Waals surface area contributed by atoms with Crippen LogP contribution in [0.25, 0.3) is 10.9 Å². The third-order valence-electron chi connectivity index (χ3n) is 7.43. The number of para-hydroxylation sites is 2. The molecule has 0 aliphatic carbocycles. The largest absolute Gasteiger partial charge is 0.486 e. The Morgan fingerprint density at radius 3 is 2.71 bits per heavy atom. The molecular weight excluding hydrogens is 538 g/mol. The lowest BCUT2D eigenvalue weighted by atomic mass is 10.1. The molecule has 2 aliphatic heterocycles. The average molecular weight is 574 g/mol. The maximum Gasteiger partial charge on any atom is 0.224 e. The summed E-state index contributed by atoms with van der Waals surface area (Å²) in [5.41, 5.74) is 2.90. The molecule has 1 atom stereocenters. The number of ether oxygens (including phenoxy) is 3. The molecule has 4 heterocycles. The number of hydrogen-bond donors (Lipinski definition) is 0. The highest BCUT2D eigenvalue weighted by Gasteiger charge is 2.27. The zero-order valence-corrected chi connectivity index (χ0v) is 24.3. The number of amides is 1. The van der Waals surface area contributed by atoms with Crippen LogP contribution < -0.4 is 14.4 Å². The van der Waals surface area contributed by atoms with E-state index in [1.165, 1.54) is 4.90 Å². The Bertz CT molecular complexity index is 1520. The monoisotopic (exact) mass is 573 g/mol. The van der Waals surface area contributed by atoms with Crippen LogP contribution in [-0.2, 0) is 22.6 Å². The summed E-state index contributed by atoms with van der Waals surface area (Å²) >= 11 is 1.70. The zero-order chi connectivity index (χ0) is 28.2. The van der Waals surface area contributed by atoms with Gasteiger partial charge in [0.2, 0.25) is 5.91 Å². The van der Waals surface area contributed by atoms with E-state index in [1.54, 1.807) is 11.8 Å². The van der Waals surface area contributed by atoms with Gasteiger partial charge in [0, 0.05) is 54.6 Å². The summed E-state index contributed by atoms with van der Waals surface area (Å²) in [5.74, 6) is 2.37. The summed E-state index contributed by atoms with van der Waals surface area (Å²) in [5, 5.41) is 5.52. The van der Waals surface area contributed by atoms with E-state index in [2.05, 4.69) is 40.5 Å². The van der Waals surface area contributed by atoms with Gasteiger partial charge in [-0.2, -0.15) is 5.10 Å². The number of carbonyl (C=O) groups is 1. The van der Waals surface area contributed by atoms with Gasteiger partial charge in [-0.25, -0.2) is 4.98 Å². The van der Waals surface area contributed by atoms with Crippen LogP contribution in [0.4, 0.5) is 5.82 Å². The Balaban J connectivity index is 1.30. The third kappa shape index (κ3) is 6.44. The standard InChI is InChI=1S/C31H35N5O4S/c1-22-9-11-36(33-22)12-10-30(37)35(20-25-21-39-28-5-3-4-6-29(28)40-25)19-24-17-23-7-8-26(41-2)18-27(23)32-31(24)34-13-15-38-16-14-34/h3-9,11,17-18,25H,10,12-16,19-21H2,1-2H3. The molecule has 0 spiro atoms. The normalized spacial score (nSPS) is 16.6. The molecule has 1 amide bonds. The zero-order valence-electron chi connectivity index (χ0n) is 23.5. The topological polar surface area (TPSA) is 82.0 Å². The third-order valence-corrected chi connectivity index (χ3v) is 8.15. The van der Waals surface area contributed by atoms with E-state index in [0.29, 0.717) is 51.6 Å². The first kappa shape index (κ1) is 27.4. The number of pyridine rings is 1. The highest BCUT2D eigenvalue weighted by molar-refractivity contribution is 7.98. The lowest BCUT2D eigenvalue weighted by Gasteiger charge is -2.33. The number of rotatable bonds is 9. The maximum absolute atomic E-state index is 13.8. The van der Waals surface area contributed by atoms with E-state index in [9.17, 15) is 4.79 Å². The molecule has 9 nitrogen and oxygen atoms in total. The van der Waals surface area contributed by atoms with Crippen LogP contribution in [0.2, 0.25) is 0 Å². The number of anilines is 1. The number of hydrogen-bond acceptors (Lipinski definition) is 8. The second kappa shape index (κ2) is 12.4. The van der Waals surface area contributed by atoms with Crippen molar-refractivity contribution in [3.05, 3.63) is 72.1 Å². The van der Waals surface area contributed by atoms with Crippen LogP contribution in [0, 0.1) is 6.92 Å². The van der Waals surface area contributed by atoms with Crippen molar-refractivity contribution in [3.8, 4) is 11.5 Å². The average Bonchev–Trinajstić information content (AvgIpc) is 3.44. The molecule has 2 aromatic heterocycles. The molecule has 214 valence electrons. The van der Waals surface area contributed by atoms with Crippen molar-refractivity contribution in [3.63, 3.8) is 0 Å². The number of aryl methyl sites for hydroxylation is 2. The molecule has 0 radical (unpaired) electrons. The molecule has 2 aromatic carbocycles. The molecule has 0 saturated carbocycles. The van der Waals surface area contributed by atoms with Crippen LogP contribution in [0.1, 0.15) is 17.7 Å². The van der Waals surface area contributed by atoms with Crippen LogP contribution in [-0.4, -0.2) is 77.4 Å². The first-order valence-electron chi connectivity index (χ1n) is 14.0. The molecule has 2 aliphatic rings. The van der Waals surface area contributed by atoms with Crippen molar-refractivity contribution >= 4 is 34.4 Å². The van der Waals surface area contributed by atoms with Gasteiger partial charge in [0.25, 0.3) is 0 Å². The number of aromatic nitrogens is 3. The summed E-state index contributed by atoms with van der Waals surface area (Å²) in [6, 6.07) is 18.2. The minimum absolute atomic E-state index is 0.0337. The van der Waals surface area contributed by atoms with Gasteiger partial charge in [0.1, 0.15) is 12.4 Å². The van der Waals surface area contributed by atoms with Gasteiger partial charge in [-0.1, -0.05) is 18.2 Å². The highest BCUT2D eigenvalue weighted by Crippen LogP contribution is 2.32. The van der Waals surface area contributed by atoms with Gasteiger partial charge < -0.3 is 24.0 Å². The fraction of sp³-hybridized carbons (Fsp3) is 0.387. The number of nitrogens with zero attached hydrogens (tertiary/aromatic N) is 5. The summed E-state index contributed by atoms with van der Waals surface area (Å²) < 4.78 is 19.7. The second-order valence-electron chi connectivity index (χ2n) is 10.4. The van der Waals surface area contributed by atoms with E-state index < -0.39 is 0 Å². The van der Waals surface area contributed by atoms with E-state index in [-0.39, 0.29) is 12.0 Å². The summed E-state index contributed by atoms with van der Waals surface area (Å²) in [7, 11) is 0. The predicted octanol–water partition coefficient (Wildman–Crippen LogP) is 4.56. The number of morpholine rings is 1. The molecule has 1 saturated heterocycles. The molecular formula is C31H35N5O4S. The van der Waals surface area contributed by atoms with E-state index >= 15 is 0 Å². The van der Waals surface area contributed by atoms with Crippen LogP contribution >= 0.6 is 11.8 Å². The Kier molecular flexibility index (Phi) is 8.29. The quantitative estimate of drug-likeness (QED) is 0.270. The molecule has 41 heavy (non-hydrogen) atoms. The fourth-order valence-corrected chi connectivity index (χ4v) is 5.72. The Morgan fingerprint density at radius 1 is 1.10 bits per heavy atom. The van der Waals surface area contributed by atoms with Crippen molar-refractivity contribution in [1.29, 1.82) is 0 Å². The van der Waals surface area contributed by atoms with Crippen molar-refractivity contribution in [2.75, 3.05) is 50.6 Å². The van der Waals surface area contributed by atoms with Gasteiger partial charge in [0.15, 0.2) is 17.6 Å². The number of benzene rings is 2. The molecule has 0 N–H and O–H groups in total. The molecule has 1 unspecified atom stereocenters. The minimum atomic E-state index is -0.287. The van der Waals surface area contributed by atoms with Gasteiger partial charge in [-0.15, -0.1) is 11.8 Å². The van der Waals surface area contributed by atoms with Gasteiger partial charge in [-0.05, 0) is 49.6 Å². The Morgan fingerprint density at radius 2 is 1.93 bits per heavy atom. The molecule has 1 fully saturated rings. The number of thioether (sulfide) groups is 1. The first-order valence-corrected chi connectivity index (χ1v) is 15.2. The second-order valence-corrected chi connectivity index (χ2v) is 11.3. The smallest absolute Gasteiger partial charge is 0.224 e. The number of fused-ring (bicyclic) bond motifs is 2. The van der Waals surface area contributed by atoms with Crippen molar-refractivity contribution < 1.29 is 19.0 Å². The Hall–Kier alpha value is -3.76. The van der Waals surface area contributed by atoms with Gasteiger partial charge in [0.05, 0.1) is 31.0 Å². The van der Waals surface area contributed by atoms with E-state index in [1.807, 2.05) is 53.0 Å². The molecule has 6 rings (SSSR count). The predicted molar refractivity (Wildman–Crippen MR) is 160 cm³/mol. The van der Waals surface area contributed by atoms with Crippen molar-refractivity contribution in [1.82, 2.24) is 19.7 Å². The van der Waals surface area contributed by atoms with E-state index in [4.69, 9.17) is 19.2 Å². The fourth-order valence-electron chi connectivity index (χ4n) is 5.29. The summed E-state index contributed by atoms with van der Waals surface area (Å²) in [6.07, 6.45) is 4.03. The van der Waals surface area contributed by atoms with Crippen LogP contribution in [0.3, 0.4) is 0 Å². The minimum Gasteiger partial charge on any atom is -0.486 e. The van der Waals surface area contributed by atoms with Crippen LogP contribution in [0.15, 0.2) is 65.7 Å².